The topological polar surface area (TPSA) is 94.1 Å². The fourth-order valence-electron chi connectivity index (χ4n) is 5.78. The molecule has 1 spiro atoms. The van der Waals surface area contributed by atoms with Crippen LogP contribution in [0.25, 0.3) is 11.1 Å². The molecule has 0 saturated heterocycles. The molecule has 2 aliphatic carbocycles. The number of hydrogen-bond donors (Lipinski definition) is 2. The van der Waals surface area contributed by atoms with Crippen LogP contribution in [0.1, 0.15) is 54.7 Å². The number of hydrogen-bond acceptors (Lipinski definition) is 5. The summed E-state index contributed by atoms with van der Waals surface area (Å²) in [6.45, 7) is 0.123. The van der Waals surface area contributed by atoms with Gasteiger partial charge in [-0.1, -0.05) is 61.0 Å². The number of carbonyl (C=O) groups is 2. The van der Waals surface area contributed by atoms with Gasteiger partial charge in [-0.05, 0) is 52.8 Å². The zero-order valence-electron chi connectivity index (χ0n) is 20.4. The Bertz CT molecular complexity index is 1300. The van der Waals surface area contributed by atoms with Crippen LogP contribution in [0.2, 0.25) is 0 Å². The standard InChI is InChI=1S/C30H29NO6/c32-28(33)25(16-19-12-13-26-27(17-19)37-30(36-26)14-6-1-7-15-30)31-29(34)35-18-24-22-10-4-2-8-20(22)21-9-3-5-11-23(21)24/h2-5,8-13,17,24-25H,1,6-7,14-16,18H2,(H,31,34)(H,32,33). The van der Waals surface area contributed by atoms with E-state index >= 15 is 0 Å². The molecule has 1 unspecified atom stereocenters. The van der Waals surface area contributed by atoms with Crippen LogP contribution in [0.4, 0.5) is 4.79 Å². The van der Waals surface area contributed by atoms with Crippen molar-refractivity contribution in [2.24, 2.45) is 0 Å². The lowest BCUT2D eigenvalue weighted by atomic mass is 9.94. The molecule has 190 valence electrons. The number of aliphatic carboxylic acids is 1. The molecular weight excluding hydrogens is 470 g/mol. The molecule has 1 atom stereocenters. The van der Waals surface area contributed by atoms with Gasteiger partial charge in [0.25, 0.3) is 5.79 Å². The molecule has 3 aromatic rings. The Balaban J connectivity index is 1.10. The fourth-order valence-corrected chi connectivity index (χ4v) is 5.78. The summed E-state index contributed by atoms with van der Waals surface area (Å²) in [4.78, 5) is 24.7. The average molecular weight is 500 g/mol. The summed E-state index contributed by atoms with van der Waals surface area (Å²) >= 11 is 0. The number of benzene rings is 3. The molecule has 3 aromatic carbocycles. The quantitative estimate of drug-likeness (QED) is 0.455. The van der Waals surface area contributed by atoms with E-state index in [1.165, 1.54) is 6.42 Å². The molecule has 3 aliphatic rings. The Labute approximate surface area is 215 Å². The van der Waals surface area contributed by atoms with E-state index in [1.54, 1.807) is 0 Å². The summed E-state index contributed by atoms with van der Waals surface area (Å²) in [5.74, 6) is -0.505. The number of amides is 1. The highest BCUT2D eigenvalue weighted by molar-refractivity contribution is 5.81. The number of carboxylic acids is 1. The number of fused-ring (bicyclic) bond motifs is 4. The second kappa shape index (κ2) is 9.47. The molecular formula is C30H29NO6. The van der Waals surface area contributed by atoms with Crippen LogP contribution in [0, 0.1) is 0 Å². The van der Waals surface area contributed by atoms with E-state index in [0.29, 0.717) is 11.5 Å². The van der Waals surface area contributed by atoms with Crippen molar-refractivity contribution in [2.45, 2.75) is 56.3 Å². The number of alkyl carbamates (subject to hydrolysis) is 1. The van der Waals surface area contributed by atoms with Gasteiger partial charge in [0.1, 0.15) is 12.6 Å². The van der Waals surface area contributed by atoms with Crippen molar-refractivity contribution in [3.05, 3.63) is 83.4 Å². The molecule has 7 nitrogen and oxygen atoms in total. The van der Waals surface area contributed by atoms with Crippen molar-refractivity contribution in [2.75, 3.05) is 6.61 Å². The molecule has 0 aromatic heterocycles. The minimum absolute atomic E-state index is 0.0950. The van der Waals surface area contributed by atoms with Crippen molar-refractivity contribution in [3.63, 3.8) is 0 Å². The van der Waals surface area contributed by atoms with Crippen LogP contribution in [-0.2, 0) is 16.0 Å². The maximum atomic E-state index is 12.7. The van der Waals surface area contributed by atoms with Gasteiger partial charge < -0.3 is 24.6 Å². The lowest BCUT2D eigenvalue weighted by molar-refractivity contribution is -0.139. The van der Waals surface area contributed by atoms with Crippen molar-refractivity contribution in [1.29, 1.82) is 0 Å². The molecule has 6 rings (SSSR count). The van der Waals surface area contributed by atoms with Crippen LogP contribution >= 0.6 is 0 Å². The predicted octanol–water partition coefficient (Wildman–Crippen LogP) is 5.65. The van der Waals surface area contributed by atoms with Gasteiger partial charge in [0, 0.05) is 25.2 Å². The third-order valence-corrected chi connectivity index (χ3v) is 7.59. The first kappa shape index (κ1) is 23.4. The Morgan fingerprint density at radius 3 is 2.24 bits per heavy atom. The Hall–Kier alpha value is -4.00. The molecule has 2 N–H and O–H groups in total. The summed E-state index contributed by atoms with van der Waals surface area (Å²) in [6.07, 6.45) is 4.34. The van der Waals surface area contributed by atoms with Crippen molar-refractivity contribution < 1.29 is 28.9 Å². The molecule has 37 heavy (non-hydrogen) atoms. The minimum Gasteiger partial charge on any atom is -0.480 e. The third-order valence-electron chi connectivity index (χ3n) is 7.59. The molecule has 1 aliphatic heterocycles. The van der Waals surface area contributed by atoms with E-state index in [-0.39, 0.29) is 18.9 Å². The Morgan fingerprint density at radius 2 is 1.57 bits per heavy atom. The zero-order valence-corrected chi connectivity index (χ0v) is 20.4. The van der Waals surface area contributed by atoms with Gasteiger partial charge in [0.15, 0.2) is 11.5 Å². The summed E-state index contributed by atoms with van der Waals surface area (Å²) in [5, 5.41) is 12.3. The van der Waals surface area contributed by atoms with Crippen LogP contribution < -0.4 is 14.8 Å². The van der Waals surface area contributed by atoms with Crippen molar-refractivity contribution in [1.82, 2.24) is 5.32 Å². The van der Waals surface area contributed by atoms with E-state index in [9.17, 15) is 14.7 Å². The minimum atomic E-state index is -1.14. The highest BCUT2D eigenvalue weighted by Gasteiger charge is 2.42. The monoisotopic (exact) mass is 499 g/mol. The van der Waals surface area contributed by atoms with Gasteiger partial charge in [0.05, 0.1) is 0 Å². The lowest BCUT2D eigenvalue weighted by Crippen LogP contribution is -2.42. The van der Waals surface area contributed by atoms with Gasteiger partial charge in [0.2, 0.25) is 0 Å². The highest BCUT2D eigenvalue weighted by atomic mass is 16.7. The summed E-state index contributed by atoms with van der Waals surface area (Å²) in [5.41, 5.74) is 5.20. The van der Waals surface area contributed by atoms with Crippen LogP contribution in [0.15, 0.2) is 66.7 Å². The maximum absolute atomic E-state index is 12.7. The Morgan fingerprint density at radius 1 is 0.919 bits per heavy atom. The highest BCUT2D eigenvalue weighted by Crippen LogP contribution is 2.46. The molecule has 1 heterocycles. The van der Waals surface area contributed by atoms with E-state index in [2.05, 4.69) is 17.4 Å². The number of nitrogens with one attached hydrogen (secondary N) is 1. The second-order valence-electron chi connectivity index (χ2n) is 10.0. The van der Waals surface area contributed by atoms with Gasteiger partial charge in [-0.3, -0.25) is 0 Å². The fraction of sp³-hybridized carbons (Fsp3) is 0.333. The zero-order chi connectivity index (χ0) is 25.4. The van der Waals surface area contributed by atoms with E-state index in [0.717, 1.165) is 53.5 Å². The van der Waals surface area contributed by atoms with Gasteiger partial charge >= 0.3 is 12.1 Å². The SMILES string of the molecule is O=C(NC(Cc1ccc2c(c1)OC1(CCCCC1)O2)C(=O)O)OCC1c2ccccc2-c2ccccc21. The van der Waals surface area contributed by atoms with Crippen molar-refractivity contribution in [3.8, 4) is 22.6 Å². The number of ether oxygens (including phenoxy) is 3. The van der Waals surface area contributed by atoms with Crippen LogP contribution in [-0.4, -0.2) is 35.6 Å². The first-order chi connectivity index (χ1) is 18.0. The number of carboxylic acid groups (broad SMARTS) is 1. The molecule has 1 fully saturated rings. The molecule has 0 radical (unpaired) electrons. The van der Waals surface area contributed by atoms with Crippen molar-refractivity contribution >= 4 is 12.1 Å². The molecule has 0 bridgehead atoms. The summed E-state index contributed by atoms with van der Waals surface area (Å²) in [7, 11) is 0. The second-order valence-corrected chi connectivity index (χ2v) is 10.0. The Kier molecular flexibility index (Phi) is 5.99. The maximum Gasteiger partial charge on any atom is 0.407 e. The summed E-state index contributed by atoms with van der Waals surface area (Å²) in [6, 6.07) is 20.5. The van der Waals surface area contributed by atoms with E-state index < -0.39 is 23.9 Å². The molecule has 1 saturated carbocycles. The van der Waals surface area contributed by atoms with Crippen LogP contribution in [0.5, 0.6) is 11.5 Å². The van der Waals surface area contributed by atoms with Gasteiger partial charge in [-0.2, -0.15) is 0 Å². The normalized spacial score (nSPS) is 17.6. The molecule has 7 heteroatoms. The van der Waals surface area contributed by atoms with Gasteiger partial charge in [-0.25, -0.2) is 9.59 Å². The number of rotatable bonds is 6. The largest absolute Gasteiger partial charge is 0.480 e. The van der Waals surface area contributed by atoms with Crippen LogP contribution in [0.3, 0.4) is 0 Å². The lowest BCUT2D eigenvalue weighted by Gasteiger charge is -2.31. The first-order valence-electron chi connectivity index (χ1n) is 12.9. The smallest absolute Gasteiger partial charge is 0.407 e. The number of carbonyl (C=O) groups excluding carboxylic acids is 1. The predicted molar refractivity (Wildman–Crippen MR) is 137 cm³/mol. The first-order valence-corrected chi connectivity index (χ1v) is 12.9. The van der Waals surface area contributed by atoms with E-state index in [4.69, 9.17) is 14.2 Å². The third kappa shape index (κ3) is 4.50. The van der Waals surface area contributed by atoms with Gasteiger partial charge in [-0.15, -0.1) is 0 Å². The summed E-state index contributed by atoms with van der Waals surface area (Å²) < 4.78 is 17.8. The average Bonchev–Trinajstić information content (AvgIpc) is 3.42. The van der Waals surface area contributed by atoms with E-state index in [1.807, 2.05) is 54.6 Å². The molecule has 1 amide bonds.